The Balaban J connectivity index is 0.000000427. The summed E-state index contributed by atoms with van der Waals surface area (Å²) in [5.41, 5.74) is 2.60. The predicted molar refractivity (Wildman–Crippen MR) is 124 cm³/mol. The zero-order valence-electron chi connectivity index (χ0n) is 19.5. The van der Waals surface area contributed by atoms with E-state index in [0.29, 0.717) is 5.75 Å². The summed E-state index contributed by atoms with van der Waals surface area (Å²) in [5, 5.41) is 15.1. The third-order valence-electron chi connectivity index (χ3n) is 4.47. The van der Waals surface area contributed by atoms with Crippen LogP contribution in [0, 0.1) is 5.92 Å². The van der Waals surface area contributed by atoms with Crippen LogP contribution in [0.5, 0.6) is 5.75 Å². The first-order valence-corrected chi connectivity index (χ1v) is 11.4. The van der Waals surface area contributed by atoms with Crippen molar-refractivity contribution in [3.8, 4) is 5.75 Å². The lowest BCUT2D eigenvalue weighted by molar-refractivity contribution is -0.109. The molecule has 0 saturated carbocycles. The number of nitrogens with zero attached hydrogens (tertiary/aromatic N) is 1. The first kappa shape index (κ1) is 27.4. The van der Waals surface area contributed by atoms with E-state index >= 15 is 0 Å². The third kappa shape index (κ3) is 14.1. The maximum absolute atomic E-state index is 9.98. The summed E-state index contributed by atoms with van der Waals surface area (Å²) in [5.74, 6) is 1.20. The monoisotopic (exact) mass is 407 g/mol. The molecular weight excluding hydrogens is 362 g/mol. The van der Waals surface area contributed by atoms with E-state index < -0.39 is 0 Å². The van der Waals surface area contributed by atoms with Crippen molar-refractivity contribution in [2.45, 2.75) is 73.3 Å². The van der Waals surface area contributed by atoms with Crippen LogP contribution in [0.25, 0.3) is 0 Å². The number of likely N-dealkylation sites (tertiary alicyclic amines) is 1. The smallest absolute Gasteiger partial charge is 0.207 e. The van der Waals surface area contributed by atoms with E-state index in [1.54, 1.807) is 6.07 Å². The highest BCUT2D eigenvalue weighted by atomic mass is 16.3. The van der Waals surface area contributed by atoms with Crippen LogP contribution in [0.3, 0.4) is 0 Å². The quantitative estimate of drug-likeness (QED) is 0.513. The molecular formula is C24H45N3O2. The van der Waals surface area contributed by atoms with E-state index in [4.69, 9.17) is 5.11 Å². The van der Waals surface area contributed by atoms with Gasteiger partial charge in [-0.3, -0.25) is 4.79 Å². The first-order valence-electron chi connectivity index (χ1n) is 11.4. The SMILES string of the molecule is CC1CCCN(CCNC=O)C1.CCC.CCC.Oc1ccc2c(c1)CNCC2. The second-order valence-corrected chi connectivity index (χ2v) is 7.91. The van der Waals surface area contributed by atoms with Gasteiger partial charge in [-0.2, -0.15) is 0 Å². The number of phenols is 1. The maximum Gasteiger partial charge on any atom is 0.207 e. The highest BCUT2D eigenvalue weighted by Crippen LogP contribution is 2.19. The normalized spacial score (nSPS) is 17.8. The van der Waals surface area contributed by atoms with Crippen LogP contribution in [-0.4, -0.2) is 49.1 Å². The summed E-state index contributed by atoms with van der Waals surface area (Å²) in [6, 6.07) is 5.59. The fourth-order valence-corrected chi connectivity index (χ4v) is 3.24. The summed E-state index contributed by atoms with van der Waals surface area (Å²) in [6.07, 6.45) is 7.02. The van der Waals surface area contributed by atoms with Gasteiger partial charge in [-0.05, 0) is 61.5 Å². The number of phenolic OH excluding ortho intramolecular Hbond substituents is 1. The van der Waals surface area contributed by atoms with Crippen molar-refractivity contribution in [2.75, 3.05) is 32.7 Å². The molecule has 2 aliphatic rings. The lowest BCUT2D eigenvalue weighted by Gasteiger charge is -2.30. The van der Waals surface area contributed by atoms with Crippen LogP contribution in [0.4, 0.5) is 0 Å². The number of amides is 1. The Morgan fingerprint density at radius 1 is 1.21 bits per heavy atom. The van der Waals surface area contributed by atoms with Gasteiger partial charge in [0.1, 0.15) is 5.75 Å². The summed E-state index contributed by atoms with van der Waals surface area (Å²) >= 11 is 0. The molecule has 1 aromatic rings. The van der Waals surface area contributed by atoms with Crippen molar-refractivity contribution >= 4 is 6.41 Å². The number of carbonyl (C=O) groups excluding carboxylic acids is 1. The number of fused-ring (bicyclic) bond motifs is 1. The Morgan fingerprint density at radius 2 is 1.90 bits per heavy atom. The molecule has 1 unspecified atom stereocenters. The largest absolute Gasteiger partial charge is 0.508 e. The molecule has 0 aliphatic carbocycles. The van der Waals surface area contributed by atoms with Gasteiger partial charge in [0.2, 0.25) is 6.41 Å². The fraction of sp³-hybridized carbons (Fsp3) is 0.708. The molecule has 168 valence electrons. The number of hydrogen-bond donors (Lipinski definition) is 3. The van der Waals surface area contributed by atoms with Gasteiger partial charge in [-0.1, -0.05) is 53.5 Å². The van der Waals surface area contributed by atoms with Gasteiger partial charge in [0.25, 0.3) is 0 Å². The number of hydrogen-bond acceptors (Lipinski definition) is 4. The van der Waals surface area contributed by atoms with E-state index in [2.05, 4.69) is 50.2 Å². The molecule has 1 fully saturated rings. The molecule has 1 aromatic carbocycles. The zero-order chi connectivity index (χ0) is 21.9. The van der Waals surface area contributed by atoms with Gasteiger partial charge >= 0.3 is 0 Å². The Morgan fingerprint density at radius 3 is 2.52 bits per heavy atom. The molecule has 5 nitrogen and oxygen atoms in total. The lowest BCUT2D eigenvalue weighted by Crippen LogP contribution is -2.38. The maximum atomic E-state index is 9.98. The minimum atomic E-state index is 0.368. The van der Waals surface area contributed by atoms with Crippen molar-refractivity contribution in [2.24, 2.45) is 5.92 Å². The van der Waals surface area contributed by atoms with Crippen LogP contribution in [0.2, 0.25) is 0 Å². The van der Waals surface area contributed by atoms with Crippen LogP contribution < -0.4 is 10.6 Å². The fourth-order valence-electron chi connectivity index (χ4n) is 3.24. The average molecular weight is 408 g/mol. The van der Waals surface area contributed by atoms with Gasteiger partial charge in [-0.15, -0.1) is 0 Å². The molecule has 2 heterocycles. The van der Waals surface area contributed by atoms with Crippen molar-refractivity contribution in [3.63, 3.8) is 0 Å². The molecule has 29 heavy (non-hydrogen) atoms. The highest BCUT2D eigenvalue weighted by Gasteiger charge is 2.14. The minimum Gasteiger partial charge on any atom is -0.508 e. The molecule has 1 atom stereocenters. The van der Waals surface area contributed by atoms with E-state index in [9.17, 15) is 4.79 Å². The Kier molecular flexibility index (Phi) is 17.4. The van der Waals surface area contributed by atoms with Gasteiger partial charge in [0.05, 0.1) is 0 Å². The van der Waals surface area contributed by atoms with Gasteiger partial charge in [0.15, 0.2) is 0 Å². The average Bonchev–Trinajstić information content (AvgIpc) is 2.70. The topological polar surface area (TPSA) is 64.6 Å². The Labute approximate surface area is 179 Å². The second kappa shape index (κ2) is 18.4. The number of benzene rings is 1. The molecule has 1 amide bonds. The number of nitrogens with one attached hydrogen (secondary N) is 2. The van der Waals surface area contributed by atoms with Crippen LogP contribution in [0.1, 0.15) is 71.4 Å². The first-order chi connectivity index (χ1) is 14.0. The molecule has 1 saturated heterocycles. The van der Waals surface area contributed by atoms with E-state index in [1.807, 2.05) is 12.1 Å². The summed E-state index contributed by atoms with van der Waals surface area (Å²) in [7, 11) is 0. The van der Waals surface area contributed by atoms with E-state index in [1.165, 1.54) is 49.9 Å². The van der Waals surface area contributed by atoms with Crippen molar-refractivity contribution < 1.29 is 9.90 Å². The molecule has 5 heteroatoms. The highest BCUT2D eigenvalue weighted by molar-refractivity contribution is 5.45. The standard InChI is InChI=1S/C9H18N2O.C9H11NO.2C3H8/c1-9-3-2-5-11(7-9)6-4-10-8-12;11-9-2-1-7-3-4-10-6-8(7)5-9;2*1-3-2/h8-9H,2-7H2,1H3,(H,10,12);1-2,5,10-11H,3-4,6H2;2*3H2,1-2H3. The Bertz CT molecular complexity index is 521. The van der Waals surface area contributed by atoms with Crippen molar-refractivity contribution in [3.05, 3.63) is 29.3 Å². The molecule has 0 radical (unpaired) electrons. The minimum absolute atomic E-state index is 0.368. The zero-order valence-corrected chi connectivity index (χ0v) is 19.5. The van der Waals surface area contributed by atoms with Gasteiger partial charge in [-0.25, -0.2) is 0 Å². The number of aromatic hydroxyl groups is 1. The molecule has 2 aliphatic heterocycles. The predicted octanol–water partition coefficient (Wildman–Crippen LogP) is 4.33. The van der Waals surface area contributed by atoms with Gasteiger partial charge < -0.3 is 20.6 Å². The molecule has 3 rings (SSSR count). The molecule has 0 aromatic heterocycles. The van der Waals surface area contributed by atoms with Crippen LogP contribution >= 0.6 is 0 Å². The van der Waals surface area contributed by atoms with Gasteiger partial charge in [0, 0.05) is 26.2 Å². The summed E-state index contributed by atoms with van der Waals surface area (Å²) in [6.45, 7) is 16.9. The van der Waals surface area contributed by atoms with Crippen molar-refractivity contribution in [1.29, 1.82) is 0 Å². The number of carbonyl (C=O) groups is 1. The molecule has 0 bridgehead atoms. The number of piperidine rings is 1. The van der Waals surface area contributed by atoms with E-state index in [0.717, 1.165) is 44.9 Å². The summed E-state index contributed by atoms with van der Waals surface area (Å²) in [4.78, 5) is 12.4. The number of rotatable bonds is 4. The Hall–Kier alpha value is -1.59. The van der Waals surface area contributed by atoms with Crippen LogP contribution in [-0.2, 0) is 17.8 Å². The lowest BCUT2D eigenvalue weighted by atomic mass is 10.0. The third-order valence-corrected chi connectivity index (χ3v) is 4.47. The molecule has 0 spiro atoms. The van der Waals surface area contributed by atoms with Crippen LogP contribution in [0.15, 0.2) is 18.2 Å². The van der Waals surface area contributed by atoms with E-state index in [-0.39, 0.29) is 0 Å². The summed E-state index contributed by atoms with van der Waals surface area (Å²) < 4.78 is 0. The second-order valence-electron chi connectivity index (χ2n) is 7.91. The molecule has 3 N–H and O–H groups in total. The van der Waals surface area contributed by atoms with Crippen molar-refractivity contribution in [1.82, 2.24) is 15.5 Å².